The molecule has 1 heterocycles. The molecule has 8 nitrogen and oxygen atoms in total. The molecule has 30 heavy (non-hydrogen) atoms. The second kappa shape index (κ2) is 10.8. The summed E-state index contributed by atoms with van der Waals surface area (Å²) in [5.41, 5.74) is 4.33. The van der Waals surface area contributed by atoms with Gasteiger partial charge in [0.15, 0.2) is 11.0 Å². The lowest BCUT2D eigenvalue weighted by molar-refractivity contribution is -0.118. The van der Waals surface area contributed by atoms with E-state index in [9.17, 15) is 4.79 Å². The average Bonchev–Trinajstić information content (AvgIpc) is 3.11. The third-order valence-corrected chi connectivity index (χ3v) is 5.60. The molecule has 1 amide bonds. The van der Waals surface area contributed by atoms with E-state index in [1.54, 1.807) is 13.3 Å². The van der Waals surface area contributed by atoms with Crippen LogP contribution >= 0.6 is 27.7 Å². The molecule has 0 aliphatic carbocycles. The van der Waals surface area contributed by atoms with Gasteiger partial charge < -0.3 is 14.6 Å². The third kappa shape index (κ3) is 6.33. The van der Waals surface area contributed by atoms with Crippen molar-refractivity contribution in [1.29, 1.82) is 0 Å². The van der Waals surface area contributed by atoms with Crippen molar-refractivity contribution in [3.63, 3.8) is 0 Å². The molecule has 10 heteroatoms. The number of ether oxygens (including phenoxy) is 1. The van der Waals surface area contributed by atoms with Crippen LogP contribution in [0.15, 0.2) is 63.3 Å². The number of methoxy groups -OCH3 is 1. The van der Waals surface area contributed by atoms with E-state index in [1.807, 2.05) is 60.1 Å². The molecule has 0 saturated heterocycles. The fourth-order valence-corrected chi connectivity index (χ4v) is 3.42. The molecule has 0 bridgehead atoms. The molecule has 3 aromatic rings. The van der Waals surface area contributed by atoms with Gasteiger partial charge in [0.2, 0.25) is 0 Å². The fourth-order valence-electron chi connectivity index (χ4n) is 2.44. The predicted octanol–water partition coefficient (Wildman–Crippen LogP) is 3.44. The molecule has 3 rings (SSSR count). The molecule has 0 fully saturated rings. The van der Waals surface area contributed by atoms with Crippen LogP contribution in [0, 0.1) is 0 Å². The maximum atomic E-state index is 12.0. The molecule has 0 unspecified atom stereocenters. The Hall–Kier alpha value is -2.85. The summed E-state index contributed by atoms with van der Waals surface area (Å²) in [5, 5.41) is 16.3. The summed E-state index contributed by atoms with van der Waals surface area (Å²) in [4.78, 5) is 12.0. The zero-order valence-corrected chi connectivity index (χ0v) is 18.9. The summed E-state index contributed by atoms with van der Waals surface area (Å²) in [6.45, 7) is 0.530. The Bertz CT molecular complexity index is 1020. The van der Waals surface area contributed by atoms with Crippen LogP contribution in [0.4, 0.5) is 5.69 Å². The lowest BCUT2D eigenvalue weighted by atomic mass is 10.2. The summed E-state index contributed by atoms with van der Waals surface area (Å²) in [6, 6.07) is 15.3. The van der Waals surface area contributed by atoms with Gasteiger partial charge in [0.05, 0.1) is 25.6 Å². The Balaban J connectivity index is 1.46. The van der Waals surface area contributed by atoms with E-state index in [2.05, 4.69) is 42.0 Å². The Morgan fingerprint density at radius 3 is 2.83 bits per heavy atom. The maximum Gasteiger partial charge on any atom is 0.250 e. The van der Waals surface area contributed by atoms with Crippen molar-refractivity contribution >= 4 is 45.5 Å². The molecule has 2 N–H and O–H groups in total. The molecule has 0 radical (unpaired) electrons. The van der Waals surface area contributed by atoms with Gasteiger partial charge >= 0.3 is 0 Å². The lowest BCUT2D eigenvalue weighted by Crippen LogP contribution is -2.20. The standard InChI is InChI=1S/C20H21BrN6O2S/c1-27-18(12-22-16-8-6-15(21)7-9-16)24-26-20(27)30-13-19(28)25-23-11-14-4-3-5-17(10-14)29-2/h3-11,22H,12-13H2,1-2H3,(H,25,28)/b23-11-. The van der Waals surface area contributed by atoms with Gasteiger partial charge in [-0.15, -0.1) is 10.2 Å². The van der Waals surface area contributed by atoms with E-state index in [-0.39, 0.29) is 11.7 Å². The second-order valence-electron chi connectivity index (χ2n) is 6.18. The monoisotopic (exact) mass is 488 g/mol. The van der Waals surface area contributed by atoms with Crippen LogP contribution in [-0.4, -0.2) is 39.7 Å². The molecular weight excluding hydrogens is 468 g/mol. The van der Waals surface area contributed by atoms with Gasteiger partial charge in [0.1, 0.15) is 5.75 Å². The van der Waals surface area contributed by atoms with Crippen molar-refractivity contribution < 1.29 is 9.53 Å². The number of benzene rings is 2. The van der Waals surface area contributed by atoms with E-state index >= 15 is 0 Å². The fraction of sp³-hybridized carbons (Fsp3) is 0.200. The topological polar surface area (TPSA) is 93.4 Å². The summed E-state index contributed by atoms with van der Waals surface area (Å²) in [7, 11) is 3.48. The quantitative estimate of drug-likeness (QED) is 0.272. The van der Waals surface area contributed by atoms with E-state index in [0.717, 1.165) is 27.3 Å². The van der Waals surface area contributed by atoms with Gasteiger partial charge in [-0.05, 0) is 42.0 Å². The van der Waals surface area contributed by atoms with Crippen molar-refractivity contribution in [1.82, 2.24) is 20.2 Å². The highest BCUT2D eigenvalue weighted by molar-refractivity contribution is 9.10. The molecule has 0 aliphatic heterocycles. The number of rotatable bonds is 9. The first kappa shape index (κ1) is 21.8. The Kier molecular flexibility index (Phi) is 7.86. The third-order valence-electron chi connectivity index (χ3n) is 4.05. The SMILES string of the molecule is COc1cccc(/C=N\NC(=O)CSc2nnc(CNc3ccc(Br)cc3)n2C)c1. The van der Waals surface area contributed by atoms with Crippen molar-refractivity contribution in [2.45, 2.75) is 11.7 Å². The number of carbonyl (C=O) groups excluding carboxylic acids is 1. The first-order valence-corrected chi connectivity index (χ1v) is 10.8. The first-order chi connectivity index (χ1) is 14.5. The van der Waals surface area contributed by atoms with Crippen LogP contribution in [0.25, 0.3) is 0 Å². The van der Waals surface area contributed by atoms with Crippen LogP contribution in [0.3, 0.4) is 0 Å². The van der Waals surface area contributed by atoms with Gasteiger partial charge in [-0.2, -0.15) is 5.10 Å². The summed E-state index contributed by atoms with van der Waals surface area (Å²) < 4.78 is 8.05. The number of amides is 1. The number of thioether (sulfide) groups is 1. The molecule has 2 aromatic carbocycles. The summed E-state index contributed by atoms with van der Waals surface area (Å²) >= 11 is 4.72. The summed E-state index contributed by atoms with van der Waals surface area (Å²) in [6.07, 6.45) is 1.57. The molecular formula is C20H21BrN6O2S. The number of halogens is 1. The predicted molar refractivity (Wildman–Crippen MR) is 122 cm³/mol. The lowest BCUT2D eigenvalue weighted by Gasteiger charge is -2.07. The van der Waals surface area contributed by atoms with E-state index < -0.39 is 0 Å². The minimum atomic E-state index is -0.225. The number of hydrogen-bond donors (Lipinski definition) is 2. The smallest absolute Gasteiger partial charge is 0.250 e. The van der Waals surface area contributed by atoms with Crippen LogP contribution in [0.5, 0.6) is 5.75 Å². The van der Waals surface area contributed by atoms with Crippen LogP contribution in [0.1, 0.15) is 11.4 Å². The van der Waals surface area contributed by atoms with Crippen molar-refractivity contribution in [3.8, 4) is 5.75 Å². The molecule has 156 valence electrons. The van der Waals surface area contributed by atoms with E-state index in [4.69, 9.17) is 4.74 Å². The number of nitrogens with zero attached hydrogens (tertiary/aromatic N) is 4. The van der Waals surface area contributed by atoms with Crippen molar-refractivity contribution in [2.75, 3.05) is 18.2 Å². The van der Waals surface area contributed by atoms with Gasteiger partial charge in [0.25, 0.3) is 5.91 Å². The molecule has 1 aromatic heterocycles. The van der Waals surface area contributed by atoms with Crippen molar-refractivity contribution in [2.24, 2.45) is 12.1 Å². The average molecular weight is 489 g/mol. The van der Waals surface area contributed by atoms with E-state index in [0.29, 0.717) is 11.7 Å². The second-order valence-corrected chi connectivity index (χ2v) is 8.03. The van der Waals surface area contributed by atoms with Gasteiger partial charge in [-0.1, -0.05) is 39.8 Å². The zero-order valence-electron chi connectivity index (χ0n) is 16.5. The number of nitrogens with one attached hydrogen (secondary N) is 2. The van der Waals surface area contributed by atoms with Crippen LogP contribution in [-0.2, 0) is 18.4 Å². The van der Waals surface area contributed by atoms with Crippen LogP contribution in [0.2, 0.25) is 0 Å². The number of hydrazone groups is 1. The largest absolute Gasteiger partial charge is 0.497 e. The van der Waals surface area contributed by atoms with Crippen molar-refractivity contribution in [3.05, 3.63) is 64.4 Å². The number of anilines is 1. The zero-order chi connectivity index (χ0) is 21.3. The Labute approximate surface area is 187 Å². The molecule has 0 atom stereocenters. The number of hydrogen-bond acceptors (Lipinski definition) is 7. The highest BCUT2D eigenvalue weighted by Crippen LogP contribution is 2.17. The van der Waals surface area contributed by atoms with E-state index in [1.165, 1.54) is 11.8 Å². The number of carbonyl (C=O) groups is 1. The number of aromatic nitrogens is 3. The Morgan fingerprint density at radius 1 is 1.27 bits per heavy atom. The van der Waals surface area contributed by atoms with Crippen LogP contribution < -0.4 is 15.5 Å². The Morgan fingerprint density at radius 2 is 2.07 bits per heavy atom. The maximum absolute atomic E-state index is 12.0. The van der Waals surface area contributed by atoms with Gasteiger partial charge in [-0.3, -0.25) is 4.79 Å². The first-order valence-electron chi connectivity index (χ1n) is 9.01. The highest BCUT2D eigenvalue weighted by atomic mass is 79.9. The normalized spacial score (nSPS) is 10.9. The molecule has 0 aliphatic rings. The van der Waals surface area contributed by atoms with Gasteiger partial charge in [-0.25, -0.2) is 5.43 Å². The molecule has 0 saturated carbocycles. The minimum absolute atomic E-state index is 0.182. The van der Waals surface area contributed by atoms with Gasteiger partial charge in [0, 0.05) is 17.2 Å². The molecule has 0 spiro atoms. The highest BCUT2D eigenvalue weighted by Gasteiger charge is 2.11. The minimum Gasteiger partial charge on any atom is -0.497 e. The summed E-state index contributed by atoms with van der Waals surface area (Å²) in [5.74, 6) is 1.46.